The molecule has 7 nitrogen and oxygen atoms in total. The average molecular weight is 338 g/mol. The number of nitrogens with one attached hydrogen (secondary N) is 1. The van der Waals surface area contributed by atoms with E-state index in [1.54, 1.807) is 29.3 Å². The number of anilines is 1. The summed E-state index contributed by atoms with van der Waals surface area (Å²) in [7, 11) is 0. The molecule has 0 bridgehead atoms. The number of amides is 1. The van der Waals surface area contributed by atoms with E-state index >= 15 is 0 Å². The fourth-order valence-corrected chi connectivity index (χ4v) is 3.29. The molecule has 1 amide bonds. The summed E-state index contributed by atoms with van der Waals surface area (Å²) in [6.07, 6.45) is 9.00. The molecule has 4 heterocycles. The number of hydrogen-bond donors (Lipinski definition) is 1. The molecule has 1 N–H and O–H groups in total. The van der Waals surface area contributed by atoms with Crippen LogP contribution in [0.3, 0.4) is 0 Å². The Labute approximate surface area is 141 Å². The third-order valence-electron chi connectivity index (χ3n) is 3.48. The molecular weight excluding hydrogens is 324 g/mol. The number of pyridine rings is 1. The highest BCUT2D eigenvalue weighted by molar-refractivity contribution is 7.19. The van der Waals surface area contributed by atoms with Crippen LogP contribution in [0.1, 0.15) is 20.9 Å². The van der Waals surface area contributed by atoms with Crippen LogP contribution in [0.4, 0.5) is 5.82 Å². The van der Waals surface area contributed by atoms with E-state index in [0.29, 0.717) is 17.2 Å². The van der Waals surface area contributed by atoms with Gasteiger partial charge in [-0.3, -0.25) is 18.9 Å². The standard InChI is InChI=1S/C16H14N6OS/c1-11-8-21-10-13(24-16(21)18-11)15(23)19-14-4-7-22(20-14)9-12-2-5-17-6-3-12/h2-8,10H,9H2,1H3,(H,19,20,23). The molecule has 0 aromatic carbocycles. The summed E-state index contributed by atoms with van der Waals surface area (Å²) in [5, 5.41) is 7.19. The van der Waals surface area contributed by atoms with Crippen molar-refractivity contribution >= 4 is 28.0 Å². The Morgan fingerprint density at radius 3 is 2.88 bits per heavy atom. The van der Waals surface area contributed by atoms with Crippen molar-refractivity contribution in [3.8, 4) is 0 Å². The van der Waals surface area contributed by atoms with Gasteiger partial charge in [-0.25, -0.2) is 4.98 Å². The van der Waals surface area contributed by atoms with E-state index in [4.69, 9.17) is 0 Å². The van der Waals surface area contributed by atoms with Gasteiger partial charge in [0.2, 0.25) is 0 Å². The molecule has 0 radical (unpaired) electrons. The van der Waals surface area contributed by atoms with Gasteiger partial charge in [-0.15, -0.1) is 0 Å². The summed E-state index contributed by atoms with van der Waals surface area (Å²) >= 11 is 1.35. The van der Waals surface area contributed by atoms with E-state index in [1.807, 2.05) is 35.9 Å². The van der Waals surface area contributed by atoms with Crippen molar-refractivity contribution in [2.24, 2.45) is 0 Å². The molecule has 0 unspecified atom stereocenters. The molecule has 8 heteroatoms. The highest BCUT2D eigenvalue weighted by Crippen LogP contribution is 2.19. The second kappa shape index (κ2) is 5.89. The Morgan fingerprint density at radius 2 is 2.08 bits per heavy atom. The van der Waals surface area contributed by atoms with Gasteiger partial charge in [0.15, 0.2) is 10.8 Å². The largest absolute Gasteiger partial charge is 0.304 e. The summed E-state index contributed by atoms with van der Waals surface area (Å²) in [6, 6.07) is 5.65. The number of carbonyl (C=O) groups is 1. The third kappa shape index (κ3) is 2.91. The summed E-state index contributed by atoms with van der Waals surface area (Å²) < 4.78 is 3.63. The van der Waals surface area contributed by atoms with E-state index in [-0.39, 0.29) is 5.91 Å². The molecule has 0 aliphatic heterocycles. The average Bonchev–Trinajstić information content (AvgIpc) is 3.23. The van der Waals surface area contributed by atoms with Crippen molar-refractivity contribution in [1.29, 1.82) is 0 Å². The zero-order chi connectivity index (χ0) is 16.5. The number of nitrogens with zero attached hydrogens (tertiary/aromatic N) is 5. The first-order valence-corrected chi connectivity index (χ1v) is 8.18. The summed E-state index contributed by atoms with van der Waals surface area (Å²) in [5.74, 6) is 0.341. The minimum Gasteiger partial charge on any atom is -0.304 e. The minimum absolute atomic E-state index is 0.183. The van der Waals surface area contributed by atoms with Gasteiger partial charge in [0.25, 0.3) is 5.91 Å². The van der Waals surface area contributed by atoms with Crippen LogP contribution in [0.25, 0.3) is 4.96 Å². The van der Waals surface area contributed by atoms with Gasteiger partial charge in [-0.2, -0.15) is 5.10 Å². The lowest BCUT2D eigenvalue weighted by Gasteiger charge is -2.01. The van der Waals surface area contributed by atoms with Crippen molar-refractivity contribution in [1.82, 2.24) is 24.1 Å². The van der Waals surface area contributed by atoms with Crippen molar-refractivity contribution in [2.75, 3.05) is 5.32 Å². The summed E-state index contributed by atoms with van der Waals surface area (Å²) in [6.45, 7) is 2.55. The van der Waals surface area contributed by atoms with Crippen LogP contribution in [-0.2, 0) is 6.54 Å². The minimum atomic E-state index is -0.183. The van der Waals surface area contributed by atoms with Crippen LogP contribution >= 0.6 is 11.3 Å². The van der Waals surface area contributed by atoms with Crippen LogP contribution in [0.15, 0.2) is 49.2 Å². The van der Waals surface area contributed by atoms with Gasteiger partial charge in [0, 0.05) is 37.1 Å². The van der Waals surface area contributed by atoms with Gasteiger partial charge < -0.3 is 5.32 Å². The molecule has 0 fully saturated rings. The maximum atomic E-state index is 12.3. The zero-order valence-electron chi connectivity index (χ0n) is 12.9. The van der Waals surface area contributed by atoms with Crippen molar-refractivity contribution in [3.05, 3.63) is 65.3 Å². The highest BCUT2D eigenvalue weighted by Gasteiger charge is 2.13. The van der Waals surface area contributed by atoms with E-state index in [2.05, 4.69) is 20.4 Å². The highest BCUT2D eigenvalue weighted by atomic mass is 32.1. The van der Waals surface area contributed by atoms with Gasteiger partial charge in [0.1, 0.15) is 4.88 Å². The number of carbonyl (C=O) groups excluding carboxylic acids is 1. The lowest BCUT2D eigenvalue weighted by molar-refractivity contribution is 0.103. The summed E-state index contributed by atoms with van der Waals surface area (Å²) in [5.41, 5.74) is 2.03. The van der Waals surface area contributed by atoms with Crippen LogP contribution in [-0.4, -0.2) is 30.1 Å². The number of fused-ring (bicyclic) bond motifs is 1. The van der Waals surface area contributed by atoms with Crippen molar-refractivity contribution in [3.63, 3.8) is 0 Å². The van der Waals surface area contributed by atoms with Crippen molar-refractivity contribution in [2.45, 2.75) is 13.5 Å². The van der Waals surface area contributed by atoms with Gasteiger partial charge in [-0.1, -0.05) is 11.3 Å². The number of hydrogen-bond acceptors (Lipinski definition) is 5. The Balaban J connectivity index is 1.46. The van der Waals surface area contributed by atoms with E-state index in [9.17, 15) is 4.79 Å². The molecule has 0 aliphatic carbocycles. The summed E-state index contributed by atoms with van der Waals surface area (Å²) in [4.78, 5) is 22.1. The smallest absolute Gasteiger partial charge is 0.268 e. The molecule has 120 valence electrons. The monoisotopic (exact) mass is 338 g/mol. The topological polar surface area (TPSA) is 77.1 Å². The van der Waals surface area contributed by atoms with Gasteiger partial charge in [-0.05, 0) is 24.6 Å². The fourth-order valence-electron chi connectivity index (χ4n) is 2.39. The second-order valence-electron chi connectivity index (χ2n) is 5.38. The van der Waals surface area contributed by atoms with E-state index in [0.717, 1.165) is 16.2 Å². The Kier molecular flexibility index (Phi) is 3.58. The molecule has 0 spiro atoms. The molecule has 0 saturated carbocycles. The van der Waals surface area contributed by atoms with Crippen LogP contribution in [0.5, 0.6) is 0 Å². The Morgan fingerprint density at radius 1 is 1.25 bits per heavy atom. The van der Waals surface area contributed by atoms with Gasteiger partial charge >= 0.3 is 0 Å². The molecule has 0 atom stereocenters. The number of aromatic nitrogens is 5. The SMILES string of the molecule is Cc1cn2cc(C(=O)Nc3ccn(Cc4ccncc4)n3)sc2n1. The zero-order valence-corrected chi connectivity index (χ0v) is 13.7. The maximum Gasteiger partial charge on any atom is 0.268 e. The molecular formula is C16H14N6OS. The lowest BCUT2D eigenvalue weighted by Crippen LogP contribution is -2.11. The predicted molar refractivity (Wildman–Crippen MR) is 91.3 cm³/mol. The molecule has 0 aliphatic rings. The lowest BCUT2D eigenvalue weighted by atomic mass is 10.3. The van der Waals surface area contributed by atoms with Crippen LogP contribution < -0.4 is 5.32 Å². The normalized spacial score (nSPS) is 11.0. The molecule has 4 aromatic heterocycles. The second-order valence-corrected chi connectivity index (χ2v) is 6.38. The predicted octanol–water partition coefficient (Wildman–Crippen LogP) is 2.60. The first kappa shape index (κ1) is 14.6. The van der Waals surface area contributed by atoms with Crippen LogP contribution in [0, 0.1) is 6.92 Å². The van der Waals surface area contributed by atoms with Crippen molar-refractivity contribution < 1.29 is 4.79 Å². The molecule has 4 rings (SSSR count). The Hall–Kier alpha value is -3.00. The van der Waals surface area contributed by atoms with Gasteiger partial charge in [0.05, 0.1) is 12.2 Å². The Bertz CT molecular complexity index is 969. The number of thiazole rings is 1. The van der Waals surface area contributed by atoms with E-state index in [1.165, 1.54) is 11.3 Å². The number of aryl methyl sites for hydroxylation is 1. The molecule has 0 saturated heterocycles. The first-order valence-electron chi connectivity index (χ1n) is 7.36. The number of imidazole rings is 1. The quantitative estimate of drug-likeness (QED) is 0.620. The van der Waals surface area contributed by atoms with E-state index < -0.39 is 0 Å². The molecule has 4 aromatic rings. The van der Waals surface area contributed by atoms with Crippen LogP contribution in [0.2, 0.25) is 0 Å². The third-order valence-corrected chi connectivity index (χ3v) is 4.47. The first-order chi connectivity index (χ1) is 11.7. The maximum absolute atomic E-state index is 12.3. The molecule has 24 heavy (non-hydrogen) atoms. The fraction of sp³-hybridized carbons (Fsp3) is 0.125. The number of rotatable bonds is 4.